The maximum absolute atomic E-state index is 12.6. The third-order valence-corrected chi connectivity index (χ3v) is 7.07. The predicted molar refractivity (Wildman–Crippen MR) is 144 cm³/mol. The number of aromatic nitrogens is 2. The molecule has 1 aliphatic carbocycles. The van der Waals surface area contributed by atoms with Crippen molar-refractivity contribution in [2.75, 3.05) is 6.61 Å². The molecule has 0 radical (unpaired) electrons. The Morgan fingerprint density at radius 1 is 1.02 bits per heavy atom. The van der Waals surface area contributed by atoms with E-state index in [4.69, 9.17) is 20.4 Å². The fourth-order valence-corrected chi connectivity index (χ4v) is 5.30. The summed E-state index contributed by atoms with van der Waals surface area (Å²) in [5.74, 6) is -1.84. The topological polar surface area (TPSA) is 113 Å². The molecule has 1 aromatic heterocycles. The zero-order chi connectivity index (χ0) is 29.7. The van der Waals surface area contributed by atoms with Crippen LogP contribution >= 0.6 is 0 Å². The first-order valence-electron chi connectivity index (χ1n) is 13.2. The van der Waals surface area contributed by atoms with E-state index in [9.17, 15) is 18.0 Å². The molecule has 1 aliphatic rings. The first kappa shape index (κ1) is 29.6. The molecule has 0 atom stereocenters. The highest BCUT2D eigenvalue weighted by Crippen LogP contribution is 2.44. The van der Waals surface area contributed by atoms with E-state index in [1.807, 2.05) is 12.1 Å². The van der Waals surface area contributed by atoms with Crippen molar-refractivity contribution in [2.45, 2.75) is 52.1 Å². The number of hydrogen-bond donors (Lipinski definition) is 2. The Labute approximate surface area is 235 Å². The molecule has 3 aromatic carbocycles. The lowest BCUT2D eigenvalue weighted by Gasteiger charge is -2.14. The Bertz CT molecular complexity index is 1520. The molecule has 1 amide bonds. The number of nitrogens with zero attached hydrogens (tertiary/aromatic N) is 2. The summed E-state index contributed by atoms with van der Waals surface area (Å²) in [5, 5.41) is 11.7. The number of nitrogens with one attached hydrogen (secondary N) is 1. The second-order valence-electron chi connectivity index (χ2n) is 9.40. The molecule has 0 saturated carbocycles. The van der Waals surface area contributed by atoms with Crippen LogP contribution in [0.5, 0.6) is 0 Å². The average Bonchev–Trinajstić information content (AvgIpc) is 3.45. The van der Waals surface area contributed by atoms with Crippen molar-refractivity contribution in [3.8, 4) is 11.1 Å². The number of halogens is 3. The zero-order valence-corrected chi connectivity index (χ0v) is 22.7. The van der Waals surface area contributed by atoms with E-state index < -0.39 is 18.2 Å². The van der Waals surface area contributed by atoms with E-state index in [2.05, 4.69) is 82.9 Å². The molecular weight excluding hydrogens is 537 g/mol. The van der Waals surface area contributed by atoms with Gasteiger partial charge in [-0.25, -0.2) is 13.9 Å². The maximum Gasteiger partial charge on any atom is 0.430 e. The Morgan fingerprint density at radius 2 is 1.61 bits per heavy atom. The molecule has 0 spiro atoms. The number of aryl methyl sites for hydroxylation is 2. The van der Waals surface area contributed by atoms with Crippen LogP contribution in [0.15, 0.2) is 66.7 Å². The Hall–Kier alpha value is -4.38. The van der Waals surface area contributed by atoms with Crippen LogP contribution in [-0.2, 0) is 35.7 Å². The van der Waals surface area contributed by atoms with Crippen LogP contribution in [0.25, 0.3) is 22.2 Å². The second-order valence-corrected chi connectivity index (χ2v) is 9.40. The van der Waals surface area contributed by atoms with Crippen molar-refractivity contribution >= 4 is 23.1 Å². The molecule has 1 heterocycles. The van der Waals surface area contributed by atoms with Gasteiger partial charge < -0.3 is 25.7 Å². The average molecular weight is 569 g/mol. The number of benzene rings is 3. The van der Waals surface area contributed by atoms with Crippen LogP contribution < -0.4 is 20.7 Å². The molecule has 11 heteroatoms. The number of carbonyl (C=O) groups excluding carboxylic acids is 2. The number of hydrogen-bond acceptors (Lipinski definition) is 5. The quantitative estimate of drug-likeness (QED) is 0.330. The monoisotopic (exact) mass is 568 g/mol. The van der Waals surface area contributed by atoms with Crippen molar-refractivity contribution in [2.24, 2.45) is 5.73 Å². The molecule has 0 fully saturated rings. The second kappa shape index (κ2) is 12.4. The minimum atomic E-state index is -5.19. The third-order valence-electron chi connectivity index (χ3n) is 7.07. The smallest absolute Gasteiger partial charge is 0.430 e. The number of carboxylic acid groups (broad SMARTS) is 1. The number of fused-ring (bicyclic) bond motifs is 4. The van der Waals surface area contributed by atoms with Crippen molar-refractivity contribution < 1.29 is 37.2 Å². The summed E-state index contributed by atoms with van der Waals surface area (Å²) in [5.41, 5.74) is 14.2. The van der Waals surface area contributed by atoms with Crippen molar-refractivity contribution in [1.29, 1.82) is 0 Å². The number of amides is 1. The van der Waals surface area contributed by atoms with Gasteiger partial charge in [0, 0.05) is 12.5 Å². The van der Waals surface area contributed by atoms with Crippen LogP contribution in [0.2, 0.25) is 0 Å². The maximum atomic E-state index is 12.6. The zero-order valence-electron chi connectivity index (χ0n) is 22.7. The Kier molecular flexibility index (Phi) is 8.97. The number of aliphatic carboxylic acids is 1. The number of alkyl halides is 3. The number of ether oxygens (including phenoxy) is 1. The number of nitrogens with two attached hydrogens (primary N) is 1. The SMILES string of the molecule is CCn1c(CN)[n+](CC)c2ccc(CNC(=O)OCC3c4ccccc4-c4ccccc43)cc21.O=C([O-])C(F)(F)F. The fourth-order valence-electron chi connectivity index (χ4n) is 5.30. The number of imidazole rings is 1. The summed E-state index contributed by atoms with van der Waals surface area (Å²) in [4.78, 5) is 21.4. The highest BCUT2D eigenvalue weighted by molar-refractivity contribution is 5.79. The lowest BCUT2D eigenvalue weighted by atomic mass is 9.98. The van der Waals surface area contributed by atoms with Gasteiger partial charge in [-0.1, -0.05) is 54.6 Å². The minimum absolute atomic E-state index is 0.0569. The lowest BCUT2D eigenvalue weighted by molar-refractivity contribution is -0.676. The fraction of sp³-hybridized carbons (Fsp3) is 0.300. The molecule has 8 nitrogen and oxygen atoms in total. The summed E-state index contributed by atoms with van der Waals surface area (Å²) >= 11 is 0. The van der Waals surface area contributed by atoms with E-state index in [1.54, 1.807) is 0 Å². The molecule has 0 bridgehead atoms. The van der Waals surface area contributed by atoms with Crippen LogP contribution in [0.4, 0.5) is 18.0 Å². The number of alkyl carbamates (subject to hydrolysis) is 1. The molecule has 216 valence electrons. The standard InChI is InChI=1S/C28H30N4O2.C2HF3O2/c1-3-31-25-14-13-19(15-26(25)32(4-2)27(31)16-29)17-30-28(33)34-18-24-22-11-7-5-9-20(22)21-10-6-8-12-23(21)24;3-2(4,5)1(6)7/h5-15,24H,3-4,16-18,29H2,1-2H3;(H,6,7). The first-order chi connectivity index (χ1) is 19.6. The van der Waals surface area contributed by atoms with Gasteiger partial charge in [-0.2, -0.15) is 13.2 Å². The van der Waals surface area contributed by atoms with Crippen LogP contribution in [0, 0.1) is 0 Å². The largest absolute Gasteiger partial charge is 0.542 e. The normalized spacial score (nSPS) is 12.3. The van der Waals surface area contributed by atoms with E-state index in [1.165, 1.54) is 22.3 Å². The lowest BCUT2D eigenvalue weighted by Crippen LogP contribution is -2.38. The van der Waals surface area contributed by atoms with Gasteiger partial charge in [-0.15, -0.1) is 0 Å². The number of carbonyl (C=O) groups is 2. The van der Waals surface area contributed by atoms with Gasteiger partial charge in [0.25, 0.3) is 5.82 Å². The molecular formula is C30H31F3N4O4. The number of carboxylic acids is 1. The van der Waals surface area contributed by atoms with Gasteiger partial charge in [0.15, 0.2) is 11.0 Å². The van der Waals surface area contributed by atoms with E-state index in [-0.39, 0.29) is 5.92 Å². The molecule has 5 rings (SSSR count). The van der Waals surface area contributed by atoms with Crippen LogP contribution in [0.3, 0.4) is 0 Å². The van der Waals surface area contributed by atoms with Crippen LogP contribution in [-0.4, -0.2) is 29.4 Å². The summed E-state index contributed by atoms with van der Waals surface area (Å²) in [6, 6.07) is 23.0. The van der Waals surface area contributed by atoms with Gasteiger partial charge >= 0.3 is 12.3 Å². The van der Waals surface area contributed by atoms with E-state index in [0.717, 1.165) is 35.5 Å². The summed E-state index contributed by atoms with van der Waals surface area (Å²) < 4.78 is 41.7. The molecule has 41 heavy (non-hydrogen) atoms. The van der Waals surface area contributed by atoms with Gasteiger partial charge in [0.2, 0.25) is 0 Å². The Balaban J connectivity index is 0.000000493. The van der Waals surface area contributed by atoms with Gasteiger partial charge in [0.1, 0.15) is 12.6 Å². The summed E-state index contributed by atoms with van der Waals surface area (Å²) in [6.45, 7) is 7.18. The summed E-state index contributed by atoms with van der Waals surface area (Å²) in [7, 11) is 0. The number of rotatable bonds is 7. The molecule has 4 aromatic rings. The van der Waals surface area contributed by atoms with Gasteiger partial charge in [-0.05, 0) is 53.8 Å². The van der Waals surface area contributed by atoms with Crippen molar-refractivity contribution in [1.82, 2.24) is 9.88 Å². The molecule has 0 saturated heterocycles. The van der Waals surface area contributed by atoms with E-state index in [0.29, 0.717) is 19.7 Å². The van der Waals surface area contributed by atoms with Crippen molar-refractivity contribution in [3.05, 3.63) is 89.2 Å². The summed E-state index contributed by atoms with van der Waals surface area (Å²) in [6.07, 6.45) is -5.60. The van der Waals surface area contributed by atoms with Crippen LogP contribution in [0.1, 0.15) is 42.3 Å². The third kappa shape index (κ3) is 6.19. The molecule has 0 aliphatic heterocycles. The first-order valence-corrected chi connectivity index (χ1v) is 13.2. The minimum Gasteiger partial charge on any atom is -0.542 e. The Morgan fingerprint density at radius 3 is 2.12 bits per heavy atom. The van der Waals surface area contributed by atoms with Gasteiger partial charge in [-0.3, -0.25) is 0 Å². The highest BCUT2D eigenvalue weighted by atomic mass is 19.4. The molecule has 3 N–H and O–H groups in total. The molecule has 0 unspecified atom stereocenters. The van der Waals surface area contributed by atoms with E-state index >= 15 is 0 Å². The van der Waals surface area contributed by atoms with Gasteiger partial charge in [0.05, 0.1) is 19.6 Å². The highest BCUT2D eigenvalue weighted by Gasteiger charge is 2.30. The predicted octanol–water partition coefficient (Wildman–Crippen LogP) is 3.76. The van der Waals surface area contributed by atoms with Crippen molar-refractivity contribution in [3.63, 3.8) is 0 Å².